The standard InChI is InChI=1S/C16H20/c1-2-8-13-12(7-1)14-9-3-5-11-6-4-10-15(13)16(11)14/h3,5,9,12-13,15H,1-2,4,6-8,10H2. The molecule has 1 aromatic rings. The van der Waals surface area contributed by atoms with E-state index in [-0.39, 0.29) is 0 Å². The summed E-state index contributed by atoms with van der Waals surface area (Å²) in [6, 6.07) is 7.14. The predicted octanol–water partition coefficient (Wildman–Crippen LogP) is 4.39. The van der Waals surface area contributed by atoms with E-state index in [2.05, 4.69) is 18.2 Å². The highest BCUT2D eigenvalue weighted by Gasteiger charge is 2.43. The Morgan fingerprint density at radius 2 is 1.75 bits per heavy atom. The van der Waals surface area contributed by atoms with Crippen molar-refractivity contribution in [3.8, 4) is 0 Å². The van der Waals surface area contributed by atoms with Crippen molar-refractivity contribution in [1.82, 2.24) is 0 Å². The van der Waals surface area contributed by atoms with Crippen LogP contribution in [0, 0.1) is 5.92 Å². The largest absolute Gasteiger partial charge is 0.0617 e. The van der Waals surface area contributed by atoms with E-state index < -0.39 is 0 Å². The van der Waals surface area contributed by atoms with Crippen molar-refractivity contribution in [2.75, 3.05) is 0 Å². The highest BCUT2D eigenvalue weighted by Crippen LogP contribution is 2.57. The van der Waals surface area contributed by atoms with E-state index >= 15 is 0 Å². The summed E-state index contributed by atoms with van der Waals surface area (Å²) in [4.78, 5) is 0. The van der Waals surface area contributed by atoms with Crippen molar-refractivity contribution in [1.29, 1.82) is 0 Å². The van der Waals surface area contributed by atoms with Gasteiger partial charge in [0.1, 0.15) is 0 Å². The minimum atomic E-state index is 0.937. The fourth-order valence-electron chi connectivity index (χ4n) is 4.74. The number of hydrogen-bond donors (Lipinski definition) is 0. The number of benzene rings is 1. The van der Waals surface area contributed by atoms with E-state index in [1.807, 2.05) is 5.56 Å². The second-order valence-corrected chi connectivity index (χ2v) is 5.97. The predicted molar refractivity (Wildman–Crippen MR) is 66.8 cm³/mol. The van der Waals surface area contributed by atoms with Gasteiger partial charge in [-0.05, 0) is 66.5 Å². The third kappa shape index (κ3) is 1.11. The van der Waals surface area contributed by atoms with Gasteiger partial charge in [0.05, 0.1) is 0 Å². The van der Waals surface area contributed by atoms with Gasteiger partial charge in [0.15, 0.2) is 0 Å². The molecular weight excluding hydrogens is 192 g/mol. The average molecular weight is 212 g/mol. The number of hydrogen-bond acceptors (Lipinski definition) is 0. The summed E-state index contributed by atoms with van der Waals surface area (Å²) < 4.78 is 0. The van der Waals surface area contributed by atoms with Crippen LogP contribution >= 0.6 is 0 Å². The molecule has 3 aliphatic carbocycles. The molecule has 0 aromatic heterocycles. The summed E-state index contributed by atoms with van der Waals surface area (Å²) in [6.07, 6.45) is 10.2. The Morgan fingerprint density at radius 1 is 0.875 bits per heavy atom. The Morgan fingerprint density at radius 3 is 2.75 bits per heavy atom. The molecule has 1 fully saturated rings. The average Bonchev–Trinajstić information content (AvgIpc) is 2.68. The molecule has 1 aromatic carbocycles. The molecule has 3 atom stereocenters. The van der Waals surface area contributed by atoms with Crippen molar-refractivity contribution in [2.45, 2.75) is 56.8 Å². The topological polar surface area (TPSA) is 0 Å². The maximum atomic E-state index is 2.44. The first-order valence-corrected chi connectivity index (χ1v) is 7.07. The Hall–Kier alpha value is -0.780. The number of aryl methyl sites for hydroxylation is 1. The minimum Gasteiger partial charge on any atom is -0.0617 e. The molecule has 0 nitrogen and oxygen atoms in total. The van der Waals surface area contributed by atoms with Crippen molar-refractivity contribution in [3.63, 3.8) is 0 Å². The van der Waals surface area contributed by atoms with E-state index in [1.165, 1.54) is 44.9 Å². The molecule has 84 valence electrons. The Bertz CT molecular complexity index is 418. The lowest BCUT2D eigenvalue weighted by atomic mass is 9.73. The van der Waals surface area contributed by atoms with Crippen LogP contribution in [-0.2, 0) is 6.42 Å². The summed E-state index contributed by atoms with van der Waals surface area (Å²) in [6.45, 7) is 0. The summed E-state index contributed by atoms with van der Waals surface area (Å²) in [5, 5.41) is 0. The van der Waals surface area contributed by atoms with Crippen molar-refractivity contribution in [3.05, 3.63) is 34.9 Å². The molecule has 0 N–H and O–H groups in total. The van der Waals surface area contributed by atoms with E-state index in [1.54, 1.807) is 11.1 Å². The van der Waals surface area contributed by atoms with E-state index in [0.29, 0.717) is 0 Å². The summed E-state index contributed by atoms with van der Waals surface area (Å²) in [7, 11) is 0. The van der Waals surface area contributed by atoms with Gasteiger partial charge in [-0.25, -0.2) is 0 Å². The summed E-state index contributed by atoms with van der Waals surface area (Å²) >= 11 is 0. The molecule has 0 spiro atoms. The molecular formula is C16H20. The molecule has 0 amide bonds. The van der Waals surface area contributed by atoms with Crippen LogP contribution in [0.4, 0.5) is 0 Å². The maximum absolute atomic E-state index is 2.44. The molecule has 0 saturated heterocycles. The van der Waals surface area contributed by atoms with Crippen molar-refractivity contribution >= 4 is 0 Å². The van der Waals surface area contributed by atoms with Crippen LogP contribution in [0.15, 0.2) is 18.2 Å². The van der Waals surface area contributed by atoms with E-state index in [0.717, 1.165) is 17.8 Å². The van der Waals surface area contributed by atoms with Gasteiger partial charge in [-0.1, -0.05) is 31.0 Å². The Kier molecular flexibility index (Phi) is 1.94. The number of fused-ring (bicyclic) bond motifs is 3. The van der Waals surface area contributed by atoms with Crippen LogP contribution in [0.2, 0.25) is 0 Å². The zero-order valence-corrected chi connectivity index (χ0v) is 9.91. The van der Waals surface area contributed by atoms with Gasteiger partial charge in [-0.3, -0.25) is 0 Å². The van der Waals surface area contributed by atoms with E-state index in [4.69, 9.17) is 0 Å². The second-order valence-electron chi connectivity index (χ2n) is 5.97. The Labute approximate surface area is 98.1 Å². The van der Waals surface area contributed by atoms with Crippen LogP contribution in [0.5, 0.6) is 0 Å². The lowest BCUT2D eigenvalue weighted by Crippen LogP contribution is -2.18. The first kappa shape index (κ1) is 9.27. The molecule has 0 radical (unpaired) electrons. The highest BCUT2D eigenvalue weighted by atomic mass is 14.5. The molecule has 3 aliphatic rings. The minimum absolute atomic E-state index is 0.937. The van der Waals surface area contributed by atoms with Crippen molar-refractivity contribution < 1.29 is 0 Å². The van der Waals surface area contributed by atoms with Crippen molar-refractivity contribution in [2.24, 2.45) is 5.92 Å². The van der Waals surface area contributed by atoms with Gasteiger partial charge in [0.25, 0.3) is 0 Å². The Balaban J connectivity index is 1.89. The van der Waals surface area contributed by atoms with Gasteiger partial charge in [-0.15, -0.1) is 0 Å². The van der Waals surface area contributed by atoms with Crippen LogP contribution in [-0.4, -0.2) is 0 Å². The molecule has 0 heteroatoms. The zero-order chi connectivity index (χ0) is 10.5. The summed E-state index contributed by atoms with van der Waals surface area (Å²) in [5.41, 5.74) is 5.26. The van der Waals surface area contributed by atoms with E-state index in [9.17, 15) is 0 Å². The SMILES string of the molecule is c1cc2c3c(c1)C1CCCCC1C3CCC2. The molecule has 1 saturated carbocycles. The van der Waals surface area contributed by atoms with Crippen LogP contribution in [0.3, 0.4) is 0 Å². The van der Waals surface area contributed by atoms with Crippen LogP contribution < -0.4 is 0 Å². The first-order chi connectivity index (χ1) is 7.95. The van der Waals surface area contributed by atoms with Gasteiger partial charge in [0.2, 0.25) is 0 Å². The smallest absolute Gasteiger partial charge is 0.0122 e. The lowest BCUT2D eigenvalue weighted by Gasteiger charge is -2.31. The molecule has 0 heterocycles. The van der Waals surface area contributed by atoms with Gasteiger partial charge < -0.3 is 0 Å². The normalized spacial score (nSPS) is 35.6. The van der Waals surface area contributed by atoms with Gasteiger partial charge in [-0.2, -0.15) is 0 Å². The summed E-state index contributed by atoms with van der Waals surface area (Å²) in [5.74, 6) is 2.90. The fraction of sp³-hybridized carbons (Fsp3) is 0.625. The third-order valence-corrected chi connectivity index (χ3v) is 5.30. The third-order valence-electron chi connectivity index (χ3n) is 5.30. The second kappa shape index (κ2) is 3.35. The monoisotopic (exact) mass is 212 g/mol. The fourth-order valence-corrected chi connectivity index (χ4v) is 4.74. The van der Waals surface area contributed by atoms with Gasteiger partial charge in [0, 0.05) is 0 Å². The first-order valence-electron chi connectivity index (χ1n) is 7.07. The van der Waals surface area contributed by atoms with Crippen LogP contribution in [0.25, 0.3) is 0 Å². The highest BCUT2D eigenvalue weighted by molar-refractivity contribution is 5.47. The lowest BCUT2D eigenvalue weighted by molar-refractivity contribution is 0.275. The molecule has 0 bridgehead atoms. The molecule has 3 unspecified atom stereocenters. The molecule has 0 aliphatic heterocycles. The number of rotatable bonds is 0. The van der Waals surface area contributed by atoms with Gasteiger partial charge >= 0.3 is 0 Å². The maximum Gasteiger partial charge on any atom is -0.0122 e. The van der Waals surface area contributed by atoms with Crippen LogP contribution in [0.1, 0.15) is 67.1 Å². The molecule has 4 rings (SSSR count). The zero-order valence-electron chi connectivity index (χ0n) is 9.91. The molecule has 16 heavy (non-hydrogen) atoms. The quantitative estimate of drug-likeness (QED) is 0.598.